The topological polar surface area (TPSA) is 29.3 Å². The Morgan fingerprint density at radius 3 is 2.42 bits per heavy atom. The highest BCUT2D eigenvalue weighted by Gasteiger charge is 1.99. The maximum Gasteiger partial charge on any atom is 0.0381 e. The number of aryl methyl sites for hydroxylation is 1. The van der Waals surface area contributed by atoms with E-state index in [1.165, 1.54) is 5.56 Å². The molecule has 2 N–H and O–H groups in total. The molecule has 0 saturated carbocycles. The third-order valence-corrected chi connectivity index (χ3v) is 2.03. The fourth-order valence-electron chi connectivity index (χ4n) is 1.18. The van der Waals surface area contributed by atoms with Crippen molar-refractivity contribution in [3.8, 4) is 0 Å². The Hall–Kier alpha value is -1.18. The molecule has 66 valence electrons. The van der Waals surface area contributed by atoms with Crippen LogP contribution < -0.4 is 10.6 Å². The van der Waals surface area contributed by atoms with Crippen molar-refractivity contribution in [2.75, 3.05) is 24.7 Å². The molecule has 0 fully saturated rings. The summed E-state index contributed by atoms with van der Waals surface area (Å²) in [6.45, 7) is 2.11. The molecule has 1 aromatic rings. The van der Waals surface area contributed by atoms with Gasteiger partial charge >= 0.3 is 0 Å². The maximum atomic E-state index is 5.84. The predicted molar refractivity (Wildman–Crippen MR) is 54.6 cm³/mol. The van der Waals surface area contributed by atoms with Gasteiger partial charge in [-0.25, -0.2) is 0 Å². The van der Waals surface area contributed by atoms with Crippen LogP contribution in [0.3, 0.4) is 0 Å². The third kappa shape index (κ3) is 1.70. The molecule has 0 radical (unpaired) electrons. The number of benzene rings is 1. The van der Waals surface area contributed by atoms with Crippen LogP contribution in [0.2, 0.25) is 0 Å². The van der Waals surface area contributed by atoms with Crippen LogP contribution in [0.4, 0.5) is 11.4 Å². The number of anilines is 2. The van der Waals surface area contributed by atoms with Crippen LogP contribution in [0.15, 0.2) is 18.2 Å². The maximum absolute atomic E-state index is 5.84. The first kappa shape index (κ1) is 8.91. The van der Waals surface area contributed by atoms with E-state index in [-0.39, 0.29) is 0 Å². The van der Waals surface area contributed by atoms with Gasteiger partial charge < -0.3 is 10.6 Å². The van der Waals surface area contributed by atoms with Gasteiger partial charge in [-0.3, -0.25) is 0 Å². The lowest BCUT2D eigenvalue weighted by Gasteiger charge is -2.14. The van der Waals surface area contributed by atoms with Gasteiger partial charge in [0.1, 0.15) is 0 Å². The zero-order chi connectivity index (χ0) is 9.14. The molecule has 12 heavy (non-hydrogen) atoms. The second-order valence-corrected chi connectivity index (χ2v) is 3.13. The Kier molecular flexibility index (Phi) is 2.58. The number of hydrogen-bond acceptors (Lipinski definition) is 2. The summed E-state index contributed by atoms with van der Waals surface area (Å²) in [5.74, 6) is 0. The van der Waals surface area contributed by atoms with E-state index in [0.717, 1.165) is 17.8 Å². The predicted octanol–water partition coefficient (Wildman–Crippen LogP) is 1.90. The Morgan fingerprint density at radius 2 is 2.00 bits per heavy atom. The van der Waals surface area contributed by atoms with Gasteiger partial charge in [0, 0.05) is 25.5 Å². The van der Waals surface area contributed by atoms with Crippen LogP contribution in [0, 0.1) is 0 Å². The molecule has 0 spiro atoms. The fraction of sp³-hybridized carbons (Fsp3) is 0.400. The van der Waals surface area contributed by atoms with Crippen molar-refractivity contribution < 1.29 is 0 Å². The summed E-state index contributed by atoms with van der Waals surface area (Å²) in [4.78, 5) is 2.05. The SMILES string of the molecule is CCc1ccc(N(C)C)cc1N. The monoisotopic (exact) mass is 164 g/mol. The summed E-state index contributed by atoms with van der Waals surface area (Å²) in [6.07, 6.45) is 1.000. The molecule has 0 aromatic heterocycles. The molecular weight excluding hydrogens is 148 g/mol. The highest BCUT2D eigenvalue weighted by Crippen LogP contribution is 2.19. The molecule has 0 aliphatic carbocycles. The van der Waals surface area contributed by atoms with E-state index in [1.807, 2.05) is 20.2 Å². The highest BCUT2D eigenvalue weighted by molar-refractivity contribution is 5.59. The lowest BCUT2D eigenvalue weighted by Crippen LogP contribution is -2.09. The zero-order valence-electron chi connectivity index (χ0n) is 7.96. The molecule has 2 nitrogen and oxygen atoms in total. The minimum Gasteiger partial charge on any atom is -0.398 e. The number of hydrogen-bond donors (Lipinski definition) is 1. The van der Waals surface area contributed by atoms with Crippen LogP contribution in [0.1, 0.15) is 12.5 Å². The third-order valence-electron chi connectivity index (χ3n) is 2.03. The van der Waals surface area contributed by atoms with Crippen LogP contribution in [-0.4, -0.2) is 14.1 Å². The summed E-state index contributed by atoms with van der Waals surface area (Å²) in [7, 11) is 4.03. The first-order valence-electron chi connectivity index (χ1n) is 4.21. The van der Waals surface area contributed by atoms with E-state index in [4.69, 9.17) is 5.73 Å². The Bertz CT molecular complexity index is 267. The number of nitrogen functional groups attached to an aromatic ring is 1. The second kappa shape index (κ2) is 3.48. The Balaban J connectivity index is 3.02. The smallest absolute Gasteiger partial charge is 0.0381 e. The highest BCUT2D eigenvalue weighted by atomic mass is 15.1. The minimum absolute atomic E-state index is 0.892. The normalized spacial score (nSPS) is 9.92. The molecule has 0 atom stereocenters. The van der Waals surface area contributed by atoms with Crippen molar-refractivity contribution in [3.05, 3.63) is 23.8 Å². The fourth-order valence-corrected chi connectivity index (χ4v) is 1.18. The van der Waals surface area contributed by atoms with Gasteiger partial charge in [0.2, 0.25) is 0 Å². The van der Waals surface area contributed by atoms with E-state index in [2.05, 4.69) is 24.0 Å². The molecule has 0 saturated heterocycles. The van der Waals surface area contributed by atoms with E-state index < -0.39 is 0 Å². The first-order valence-corrected chi connectivity index (χ1v) is 4.21. The Labute approximate surface area is 74.0 Å². The van der Waals surface area contributed by atoms with Crippen molar-refractivity contribution in [2.24, 2.45) is 0 Å². The zero-order valence-corrected chi connectivity index (χ0v) is 7.96. The number of nitrogens with two attached hydrogens (primary N) is 1. The van der Waals surface area contributed by atoms with E-state index >= 15 is 0 Å². The standard InChI is InChI=1S/C10H16N2/c1-4-8-5-6-9(12(2)3)7-10(8)11/h5-7H,4,11H2,1-3H3. The quantitative estimate of drug-likeness (QED) is 0.676. The van der Waals surface area contributed by atoms with Gasteiger partial charge in [0.25, 0.3) is 0 Å². The summed E-state index contributed by atoms with van der Waals surface area (Å²) < 4.78 is 0. The van der Waals surface area contributed by atoms with E-state index in [1.54, 1.807) is 0 Å². The van der Waals surface area contributed by atoms with Gasteiger partial charge in [-0.2, -0.15) is 0 Å². The average Bonchev–Trinajstić information content (AvgIpc) is 2.04. The summed E-state index contributed by atoms with van der Waals surface area (Å²) in [5, 5.41) is 0. The molecule has 0 bridgehead atoms. The molecule has 1 rings (SSSR count). The Morgan fingerprint density at radius 1 is 1.33 bits per heavy atom. The van der Waals surface area contributed by atoms with Crippen molar-refractivity contribution >= 4 is 11.4 Å². The molecule has 0 unspecified atom stereocenters. The molecule has 2 heteroatoms. The lowest BCUT2D eigenvalue weighted by molar-refractivity contribution is 1.11. The van der Waals surface area contributed by atoms with Crippen LogP contribution in [0.25, 0.3) is 0 Å². The summed E-state index contributed by atoms with van der Waals surface area (Å²) >= 11 is 0. The van der Waals surface area contributed by atoms with Gasteiger partial charge in [-0.15, -0.1) is 0 Å². The minimum atomic E-state index is 0.892. The summed E-state index contributed by atoms with van der Waals surface area (Å²) in [5.41, 5.74) is 9.12. The van der Waals surface area contributed by atoms with Crippen LogP contribution in [0.5, 0.6) is 0 Å². The van der Waals surface area contributed by atoms with Crippen LogP contribution in [-0.2, 0) is 6.42 Å². The van der Waals surface area contributed by atoms with Gasteiger partial charge in [-0.1, -0.05) is 13.0 Å². The van der Waals surface area contributed by atoms with Crippen molar-refractivity contribution in [2.45, 2.75) is 13.3 Å². The number of nitrogens with zero attached hydrogens (tertiary/aromatic N) is 1. The van der Waals surface area contributed by atoms with Crippen molar-refractivity contribution in [1.82, 2.24) is 0 Å². The molecule has 0 aliphatic rings. The van der Waals surface area contributed by atoms with E-state index in [0.29, 0.717) is 0 Å². The van der Waals surface area contributed by atoms with Crippen LogP contribution >= 0.6 is 0 Å². The van der Waals surface area contributed by atoms with Crippen molar-refractivity contribution in [1.29, 1.82) is 0 Å². The van der Waals surface area contributed by atoms with Gasteiger partial charge in [0.15, 0.2) is 0 Å². The molecule has 0 aliphatic heterocycles. The summed E-state index contributed by atoms with van der Waals surface area (Å²) in [6, 6.07) is 6.19. The van der Waals surface area contributed by atoms with E-state index in [9.17, 15) is 0 Å². The first-order chi connectivity index (χ1) is 5.65. The van der Waals surface area contributed by atoms with Gasteiger partial charge in [0.05, 0.1) is 0 Å². The molecule has 1 aromatic carbocycles. The van der Waals surface area contributed by atoms with Crippen molar-refractivity contribution in [3.63, 3.8) is 0 Å². The molecule has 0 amide bonds. The van der Waals surface area contributed by atoms with Gasteiger partial charge in [-0.05, 0) is 24.1 Å². The number of rotatable bonds is 2. The second-order valence-electron chi connectivity index (χ2n) is 3.13. The average molecular weight is 164 g/mol. The molecular formula is C10H16N2. The lowest BCUT2D eigenvalue weighted by atomic mass is 10.1. The largest absolute Gasteiger partial charge is 0.398 e. The molecule has 0 heterocycles.